The zero-order valence-corrected chi connectivity index (χ0v) is 12.8. The van der Waals surface area contributed by atoms with Crippen molar-refractivity contribution in [2.45, 2.75) is 58.7 Å². The van der Waals surface area contributed by atoms with Crippen LogP contribution in [0, 0.1) is 5.92 Å². The summed E-state index contributed by atoms with van der Waals surface area (Å²) < 4.78 is 28.9. The van der Waals surface area contributed by atoms with Crippen molar-refractivity contribution >= 4 is 5.91 Å². The van der Waals surface area contributed by atoms with Gasteiger partial charge in [-0.1, -0.05) is 20.8 Å². The topological polar surface area (TPSA) is 41.6 Å². The summed E-state index contributed by atoms with van der Waals surface area (Å²) in [6, 6.07) is 0. The molecule has 2 unspecified atom stereocenters. The highest BCUT2D eigenvalue weighted by molar-refractivity contribution is 5.88. The molecule has 1 fully saturated rings. The second-order valence-electron chi connectivity index (χ2n) is 5.94. The summed E-state index contributed by atoms with van der Waals surface area (Å²) in [5, 5.41) is 3.37. The molecule has 20 heavy (non-hydrogen) atoms. The lowest BCUT2D eigenvalue weighted by Gasteiger charge is -2.25. The molecule has 1 aliphatic heterocycles. The average Bonchev–Trinajstić information content (AvgIpc) is 2.58. The van der Waals surface area contributed by atoms with E-state index in [1.807, 2.05) is 13.8 Å². The van der Waals surface area contributed by atoms with Crippen LogP contribution in [0.15, 0.2) is 0 Å². The number of carbonyl (C=O) groups is 1. The zero-order chi connectivity index (χ0) is 15.3. The number of halogens is 2. The van der Waals surface area contributed by atoms with Crippen molar-refractivity contribution in [2.75, 3.05) is 19.8 Å². The highest BCUT2D eigenvalue weighted by Gasteiger charge is 2.46. The molecule has 0 bridgehead atoms. The van der Waals surface area contributed by atoms with Gasteiger partial charge in [0, 0.05) is 6.54 Å². The number of hydrogen-bond acceptors (Lipinski definition) is 3. The maximum atomic E-state index is 12.4. The first-order chi connectivity index (χ1) is 9.30. The van der Waals surface area contributed by atoms with E-state index in [0.29, 0.717) is 18.9 Å². The van der Waals surface area contributed by atoms with Crippen molar-refractivity contribution in [1.29, 1.82) is 0 Å². The number of amides is 1. The maximum Gasteiger partial charge on any atom is 0.261 e. The van der Waals surface area contributed by atoms with E-state index in [9.17, 15) is 13.6 Å². The van der Waals surface area contributed by atoms with Gasteiger partial charge in [0.2, 0.25) is 5.91 Å². The molecule has 1 saturated heterocycles. The third-order valence-electron chi connectivity index (χ3n) is 3.72. The van der Waals surface area contributed by atoms with Crippen LogP contribution in [0.25, 0.3) is 0 Å². The molecule has 0 aromatic rings. The van der Waals surface area contributed by atoms with Crippen molar-refractivity contribution in [3.63, 3.8) is 0 Å². The predicted molar refractivity (Wildman–Crippen MR) is 73.6 cm³/mol. The molecule has 1 heterocycles. The number of carbonyl (C=O) groups excluding carboxylic acids is 1. The summed E-state index contributed by atoms with van der Waals surface area (Å²) in [5.74, 6) is 0.482. The molecular formula is C14H26F2N2O2. The molecule has 2 atom stereocenters. The van der Waals surface area contributed by atoms with Gasteiger partial charge < -0.3 is 9.64 Å². The number of nitrogens with one attached hydrogen (secondary N) is 1. The SMILES string of the molecule is CCC1(C)NC(CC(C)C)N(CCOCC(F)F)C1=O. The highest BCUT2D eigenvalue weighted by Crippen LogP contribution is 2.26. The normalized spacial score (nSPS) is 27.1. The molecule has 0 spiro atoms. The van der Waals surface area contributed by atoms with E-state index in [0.717, 1.165) is 6.42 Å². The number of rotatable bonds is 8. The fourth-order valence-corrected chi connectivity index (χ4v) is 2.44. The van der Waals surface area contributed by atoms with Crippen LogP contribution in [0.2, 0.25) is 0 Å². The summed E-state index contributed by atoms with van der Waals surface area (Å²) in [7, 11) is 0. The molecule has 0 radical (unpaired) electrons. The van der Waals surface area contributed by atoms with Gasteiger partial charge in [0.15, 0.2) is 0 Å². The molecule has 1 aliphatic rings. The van der Waals surface area contributed by atoms with E-state index >= 15 is 0 Å². The minimum atomic E-state index is -2.46. The van der Waals surface area contributed by atoms with Crippen molar-refractivity contribution in [2.24, 2.45) is 5.92 Å². The number of nitrogens with zero attached hydrogens (tertiary/aromatic N) is 1. The van der Waals surface area contributed by atoms with Gasteiger partial charge in [0.25, 0.3) is 6.43 Å². The summed E-state index contributed by atoms with van der Waals surface area (Å²) in [4.78, 5) is 14.2. The van der Waals surface area contributed by atoms with Crippen LogP contribution in [0.4, 0.5) is 8.78 Å². The Morgan fingerprint density at radius 1 is 1.45 bits per heavy atom. The van der Waals surface area contributed by atoms with E-state index in [-0.39, 0.29) is 18.7 Å². The quantitative estimate of drug-likeness (QED) is 0.698. The van der Waals surface area contributed by atoms with Crippen LogP contribution in [0.3, 0.4) is 0 Å². The van der Waals surface area contributed by atoms with E-state index < -0.39 is 18.6 Å². The van der Waals surface area contributed by atoms with Gasteiger partial charge in [-0.2, -0.15) is 0 Å². The Morgan fingerprint density at radius 2 is 2.10 bits per heavy atom. The van der Waals surface area contributed by atoms with Crippen LogP contribution in [0.5, 0.6) is 0 Å². The standard InChI is InChI=1S/C14H26F2N2O2/c1-5-14(4)13(19)18(6-7-20-9-11(15)16)12(17-14)8-10(2)3/h10-12,17H,5-9H2,1-4H3. The fourth-order valence-electron chi connectivity index (χ4n) is 2.44. The maximum absolute atomic E-state index is 12.4. The molecule has 1 rings (SSSR count). The number of ether oxygens (including phenoxy) is 1. The summed E-state index contributed by atoms with van der Waals surface area (Å²) >= 11 is 0. The lowest BCUT2D eigenvalue weighted by molar-refractivity contribution is -0.134. The van der Waals surface area contributed by atoms with E-state index in [2.05, 4.69) is 19.2 Å². The summed E-state index contributed by atoms with van der Waals surface area (Å²) in [6.07, 6.45) is -0.956. The average molecular weight is 292 g/mol. The second-order valence-corrected chi connectivity index (χ2v) is 5.94. The number of alkyl halides is 2. The fraction of sp³-hybridized carbons (Fsp3) is 0.929. The minimum Gasteiger partial charge on any atom is -0.374 e. The van der Waals surface area contributed by atoms with Gasteiger partial charge in [-0.15, -0.1) is 0 Å². The lowest BCUT2D eigenvalue weighted by Crippen LogP contribution is -2.44. The largest absolute Gasteiger partial charge is 0.374 e. The molecule has 0 aromatic heterocycles. The smallest absolute Gasteiger partial charge is 0.261 e. The molecule has 1 amide bonds. The molecule has 4 nitrogen and oxygen atoms in total. The minimum absolute atomic E-state index is 0.0336. The van der Waals surface area contributed by atoms with Crippen LogP contribution in [0.1, 0.15) is 40.5 Å². The highest BCUT2D eigenvalue weighted by atomic mass is 19.3. The first-order valence-electron chi connectivity index (χ1n) is 7.24. The Bertz CT molecular complexity index is 326. The van der Waals surface area contributed by atoms with Gasteiger partial charge in [-0.05, 0) is 25.7 Å². The first kappa shape index (κ1) is 17.3. The Morgan fingerprint density at radius 3 is 2.60 bits per heavy atom. The zero-order valence-electron chi connectivity index (χ0n) is 12.8. The second kappa shape index (κ2) is 7.31. The summed E-state index contributed by atoms with van der Waals surface area (Å²) in [6.45, 7) is 7.97. The van der Waals surface area contributed by atoms with E-state index in [1.165, 1.54) is 0 Å². The van der Waals surface area contributed by atoms with Crippen LogP contribution >= 0.6 is 0 Å². The summed E-state index contributed by atoms with van der Waals surface area (Å²) in [5.41, 5.74) is -0.553. The van der Waals surface area contributed by atoms with Gasteiger partial charge >= 0.3 is 0 Å². The van der Waals surface area contributed by atoms with Crippen molar-refractivity contribution in [3.05, 3.63) is 0 Å². The lowest BCUT2D eigenvalue weighted by atomic mass is 9.99. The van der Waals surface area contributed by atoms with Gasteiger partial charge in [0.05, 0.1) is 18.3 Å². The van der Waals surface area contributed by atoms with Crippen molar-refractivity contribution < 1.29 is 18.3 Å². The Balaban J connectivity index is 2.60. The van der Waals surface area contributed by atoms with Crippen molar-refractivity contribution in [3.8, 4) is 0 Å². The van der Waals surface area contributed by atoms with Gasteiger partial charge in [0.1, 0.15) is 6.61 Å². The Hall–Kier alpha value is -0.750. The van der Waals surface area contributed by atoms with Gasteiger partial charge in [-0.3, -0.25) is 10.1 Å². The first-order valence-corrected chi connectivity index (χ1v) is 7.24. The van der Waals surface area contributed by atoms with E-state index in [1.54, 1.807) is 4.90 Å². The van der Waals surface area contributed by atoms with Crippen LogP contribution in [-0.2, 0) is 9.53 Å². The predicted octanol–water partition coefficient (Wildman–Crippen LogP) is 2.24. The van der Waals surface area contributed by atoms with Crippen LogP contribution in [-0.4, -0.2) is 48.7 Å². The van der Waals surface area contributed by atoms with E-state index in [4.69, 9.17) is 4.74 Å². The van der Waals surface area contributed by atoms with Gasteiger partial charge in [-0.25, -0.2) is 8.78 Å². The Kier molecular flexibility index (Phi) is 6.33. The molecular weight excluding hydrogens is 266 g/mol. The molecule has 0 aromatic carbocycles. The third-order valence-corrected chi connectivity index (χ3v) is 3.72. The molecule has 0 saturated carbocycles. The third kappa shape index (κ3) is 4.38. The van der Waals surface area contributed by atoms with Crippen LogP contribution < -0.4 is 5.32 Å². The molecule has 1 N–H and O–H groups in total. The Labute approximate surface area is 119 Å². The number of hydrogen-bond donors (Lipinski definition) is 1. The molecule has 118 valence electrons. The molecule has 6 heteroatoms. The van der Waals surface area contributed by atoms with Crippen molar-refractivity contribution in [1.82, 2.24) is 10.2 Å². The monoisotopic (exact) mass is 292 g/mol. The molecule has 0 aliphatic carbocycles.